The molecule has 0 spiro atoms. The number of carbonyl (C=O) groups is 2. The summed E-state index contributed by atoms with van der Waals surface area (Å²) in [6.45, 7) is 0.0182. The van der Waals surface area contributed by atoms with Crippen molar-refractivity contribution in [2.45, 2.75) is 6.54 Å². The summed E-state index contributed by atoms with van der Waals surface area (Å²) in [6.07, 6.45) is 0. The molecule has 2 aromatic rings. The van der Waals surface area contributed by atoms with Crippen LogP contribution in [0.5, 0.6) is 5.75 Å². The zero-order chi connectivity index (χ0) is 16.7. The monoisotopic (exact) mass is 352 g/mol. The number of nitrogens with one attached hydrogen (secondary N) is 2. The zero-order valence-electron chi connectivity index (χ0n) is 12.0. The second-order valence-electron chi connectivity index (χ2n) is 4.58. The first kappa shape index (κ1) is 17.1. The highest BCUT2D eigenvalue weighted by atomic mass is 35.5. The Labute approximate surface area is 143 Å². The van der Waals surface area contributed by atoms with Crippen LogP contribution in [0.4, 0.5) is 4.79 Å². The van der Waals surface area contributed by atoms with Crippen LogP contribution in [0.15, 0.2) is 48.5 Å². The second kappa shape index (κ2) is 8.41. The lowest BCUT2D eigenvalue weighted by molar-refractivity contribution is -0.122. The first-order valence-corrected chi connectivity index (χ1v) is 7.49. The van der Waals surface area contributed by atoms with Gasteiger partial charge in [-0.05, 0) is 17.7 Å². The highest BCUT2D eigenvalue weighted by Gasteiger charge is 2.09. The third-order valence-corrected chi connectivity index (χ3v) is 3.55. The number of halogens is 2. The molecular formula is C16H14Cl2N2O3. The Bertz CT molecular complexity index is 693. The Morgan fingerprint density at radius 1 is 1.00 bits per heavy atom. The van der Waals surface area contributed by atoms with Gasteiger partial charge in [0.25, 0.3) is 5.91 Å². The van der Waals surface area contributed by atoms with Crippen LogP contribution in [0.3, 0.4) is 0 Å². The van der Waals surface area contributed by atoms with Gasteiger partial charge in [0.05, 0.1) is 10.0 Å². The average molecular weight is 353 g/mol. The topological polar surface area (TPSA) is 67.4 Å². The van der Waals surface area contributed by atoms with Crippen LogP contribution in [0.1, 0.15) is 5.56 Å². The number of benzene rings is 2. The van der Waals surface area contributed by atoms with E-state index in [-0.39, 0.29) is 6.61 Å². The summed E-state index contributed by atoms with van der Waals surface area (Å²) < 4.78 is 5.23. The van der Waals surface area contributed by atoms with Crippen molar-refractivity contribution in [2.24, 2.45) is 0 Å². The van der Waals surface area contributed by atoms with E-state index >= 15 is 0 Å². The molecule has 7 heteroatoms. The molecule has 0 aliphatic heterocycles. The maximum Gasteiger partial charge on any atom is 0.321 e. The number of hydrogen-bond acceptors (Lipinski definition) is 3. The molecule has 23 heavy (non-hydrogen) atoms. The van der Waals surface area contributed by atoms with Crippen molar-refractivity contribution in [2.75, 3.05) is 6.61 Å². The van der Waals surface area contributed by atoms with Crippen molar-refractivity contribution in [3.05, 3.63) is 64.1 Å². The molecule has 0 heterocycles. The molecule has 2 rings (SSSR count). The van der Waals surface area contributed by atoms with Gasteiger partial charge < -0.3 is 10.1 Å². The first-order chi connectivity index (χ1) is 11.0. The van der Waals surface area contributed by atoms with Gasteiger partial charge in [-0.25, -0.2) is 4.79 Å². The number of hydrogen-bond donors (Lipinski definition) is 2. The van der Waals surface area contributed by atoms with Crippen molar-refractivity contribution >= 4 is 35.1 Å². The van der Waals surface area contributed by atoms with Crippen LogP contribution in [0, 0.1) is 0 Å². The molecule has 0 radical (unpaired) electrons. The summed E-state index contributed by atoms with van der Waals surface area (Å²) in [4.78, 5) is 23.2. The fourth-order valence-electron chi connectivity index (χ4n) is 1.70. The molecule has 0 unspecified atom stereocenters. The van der Waals surface area contributed by atoms with E-state index in [0.717, 1.165) is 5.56 Å². The Hall–Kier alpha value is -2.24. The van der Waals surface area contributed by atoms with Crippen LogP contribution < -0.4 is 15.4 Å². The minimum Gasteiger partial charge on any atom is -0.484 e. The summed E-state index contributed by atoms with van der Waals surface area (Å²) in [5.41, 5.74) is 0.933. The number of amides is 3. The van der Waals surface area contributed by atoms with Crippen molar-refractivity contribution in [1.82, 2.24) is 10.6 Å². The predicted octanol–water partition coefficient (Wildman–Crippen LogP) is 3.40. The largest absolute Gasteiger partial charge is 0.484 e. The van der Waals surface area contributed by atoms with Gasteiger partial charge in [0, 0.05) is 12.6 Å². The van der Waals surface area contributed by atoms with Gasteiger partial charge in [-0.3, -0.25) is 10.1 Å². The van der Waals surface area contributed by atoms with E-state index in [0.29, 0.717) is 22.3 Å². The fourth-order valence-corrected chi connectivity index (χ4v) is 1.99. The molecule has 0 aliphatic rings. The smallest absolute Gasteiger partial charge is 0.321 e. The summed E-state index contributed by atoms with van der Waals surface area (Å²) in [7, 11) is 0. The van der Waals surface area contributed by atoms with Crippen LogP contribution in [0.2, 0.25) is 10.0 Å². The minimum atomic E-state index is -0.586. The number of urea groups is 1. The van der Waals surface area contributed by atoms with E-state index in [9.17, 15) is 9.59 Å². The molecule has 2 N–H and O–H groups in total. The van der Waals surface area contributed by atoms with Gasteiger partial charge >= 0.3 is 6.03 Å². The van der Waals surface area contributed by atoms with Gasteiger partial charge in [0.1, 0.15) is 5.75 Å². The van der Waals surface area contributed by atoms with E-state index < -0.39 is 11.9 Å². The van der Waals surface area contributed by atoms with Crippen molar-refractivity contribution < 1.29 is 14.3 Å². The van der Waals surface area contributed by atoms with Crippen LogP contribution in [0.25, 0.3) is 0 Å². The molecule has 0 saturated heterocycles. The molecule has 3 amide bonds. The summed E-state index contributed by atoms with van der Waals surface area (Å²) in [5.74, 6) is -0.180. The van der Waals surface area contributed by atoms with E-state index in [4.69, 9.17) is 27.9 Å². The lowest BCUT2D eigenvalue weighted by Crippen LogP contribution is -2.41. The van der Waals surface area contributed by atoms with Gasteiger partial charge in [-0.15, -0.1) is 0 Å². The van der Waals surface area contributed by atoms with Crippen LogP contribution in [-0.2, 0) is 11.3 Å². The maximum atomic E-state index is 11.6. The number of imide groups is 1. The average Bonchev–Trinajstić information content (AvgIpc) is 2.55. The Morgan fingerprint density at radius 2 is 1.74 bits per heavy atom. The maximum absolute atomic E-state index is 11.6. The van der Waals surface area contributed by atoms with Gasteiger partial charge in [0.2, 0.25) is 0 Å². The molecule has 2 aromatic carbocycles. The predicted molar refractivity (Wildman–Crippen MR) is 88.8 cm³/mol. The molecule has 5 nitrogen and oxygen atoms in total. The van der Waals surface area contributed by atoms with Crippen molar-refractivity contribution in [3.63, 3.8) is 0 Å². The molecule has 0 fully saturated rings. The lowest BCUT2D eigenvalue weighted by atomic mass is 10.2. The second-order valence-corrected chi connectivity index (χ2v) is 5.40. The number of carbonyl (C=O) groups excluding carboxylic acids is 2. The van der Waals surface area contributed by atoms with E-state index in [2.05, 4.69) is 10.6 Å². The fraction of sp³-hybridized carbons (Fsp3) is 0.125. The summed E-state index contributed by atoms with van der Waals surface area (Å²) in [5, 5.41) is 5.47. The number of rotatable bonds is 5. The molecule has 120 valence electrons. The highest BCUT2D eigenvalue weighted by molar-refractivity contribution is 6.42. The van der Waals surface area contributed by atoms with Crippen LogP contribution in [-0.4, -0.2) is 18.5 Å². The van der Waals surface area contributed by atoms with E-state index in [1.54, 1.807) is 12.1 Å². The Kier molecular flexibility index (Phi) is 6.26. The van der Waals surface area contributed by atoms with Gasteiger partial charge in [-0.2, -0.15) is 0 Å². The molecular weight excluding hydrogens is 339 g/mol. The van der Waals surface area contributed by atoms with Crippen molar-refractivity contribution in [3.8, 4) is 5.75 Å². The standard InChI is InChI=1S/C16H14Cl2N2O3/c17-13-7-6-12(8-14(13)18)23-10-15(21)20-16(22)19-9-11-4-2-1-3-5-11/h1-8H,9-10H2,(H2,19,20,21,22). The normalized spacial score (nSPS) is 10.0. The molecule has 0 saturated carbocycles. The van der Waals surface area contributed by atoms with Gasteiger partial charge in [-0.1, -0.05) is 53.5 Å². The van der Waals surface area contributed by atoms with Crippen molar-refractivity contribution in [1.29, 1.82) is 0 Å². The quantitative estimate of drug-likeness (QED) is 0.866. The SMILES string of the molecule is O=C(COc1ccc(Cl)c(Cl)c1)NC(=O)NCc1ccccc1. The molecule has 0 atom stereocenters. The molecule has 0 bridgehead atoms. The third-order valence-electron chi connectivity index (χ3n) is 2.81. The van der Waals surface area contributed by atoms with Gasteiger partial charge in [0.15, 0.2) is 6.61 Å². The first-order valence-electron chi connectivity index (χ1n) is 6.74. The summed E-state index contributed by atoms with van der Waals surface area (Å²) in [6, 6.07) is 13.4. The minimum absolute atomic E-state index is 0.309. The van der Waals surface area contributed by atoms with Crippen LogP contribution >= 0.6 is 23.2 Å². The highest BCUT2D eigenvalue weighted by Crippen LogP contribution is 2.26. The summed E-state index contributed by atoms with van der Waals surface area (Å²) >= 11 is 11.6. The molecule has 0 aromatic heterocycles. The van der Waals surface area contributed by atoms with E-state index in [1.165, 1.54) is 6.07 Å². The zero-order valence-corrected chi connectivity index (χ0v) is 13.5. The van der Waals surface area contributed by atoms with E-state index in [1.807, 2.05) is 30.3 Å². The Balaban J connectivity index is 1.73. The number of ether oxygens (including phenoxy) is 1. The molecule has 0 aliphatic carbocycles. The third kappa shape index (κ3) is 5.81. The Morgan fingerprint density at radius 3 is 2.43 bits per heavy atom. The lowest BCUT2D eigenvalue weighted by Gasteiger charge is -2.08.